The van der Waals surface area contributed by atoms with Crippen LogP contribution in [0.4, 0.5) is 5.69 Å². The largest absolute Gasteiger partial charge is 0.493 e. The van der Waals surface area contributed by atoms with Crippen molar-refractivity contribution in [2.75, 3.05) is 25.8 Å². The van der Waals surface area contributed by atoms with E-state index in [0.29, 0.717) is 34.5 Å². The number of hydrogen-bond acceptors (Lipinski definition) is 6. The molecule has 11 heteroatoms. The monoisotopic (exact) mass is 517 g/mol. The van der Waals surface area contributed by atoms with Crippen molar-refractivity contribution >= 4 is 37.2 Å². The lowest BCUT2D eigenvalue weighted by Gasteiger charge is -2.16. The molecule has 0 aliphatic heterocycles. The summed E-state index contributed by atoms with van der Waals surface area (Å²) in [6.07, 6.45) is 1.28. The molecule has 186 valence electrons. The SMILES string of the molecule is COc1cc(NC(=O)c2nn(-c3ccc(Cl)cc3)cc2C(=O)O)ccc1OCOCC[Si](C)(C)C. The summed E-state index contributed by atoms with van der Waals surface area (Å²) in [6.45, 7) is 7.52. The fraction of sp³-hybridized carbons (Fsp3) is 0.292. The topological polar surface area (TPSA) is 112 Å². The van der Waals surface area contributed by atoms with E-state index in [1.807, 2.05) is 0 Å². The van der Waals surface area contributed by atoms with Crippen molar-refractivity contribution in [2.45, 2.75) is 25.7 Å². The third-order valence-corrected chi connectivity index (χ3v) is 6.92. The number of rotatable bonds is 11. The van der Waals surface area contributed by atoms with Crippen molar-refractivity contribution in [1.82, 2.24) is 9.78 Å². The highest BCUT2D eigenvalue weighted by molar-refractivity contribution is 6.76. The predicted octanol–water partition coefficient (Wildman–Crippen LogP) is 5.18. The lowest BCUT2D eigenvalue weighted by atomic mass is 10.2. The zero-order valence-corrected chi connectivity index (χ0v) is 21.8. The Morgan fingerprint density at radius 2 is 1.83 bits per heavy atom. The van der Waals surface area contributed by atoms with Gasteiger partial charge in [0, 0.05) is 37.7 Å². The van der Waals surface area contributed by atoms with Gasteiger partial charge in [-0.2, -0.15) is 5.10 Å². The van der Waals surface area contributed by atoms with Crippen LogP contribution in [0.1, 0.15) is 20.8 Å². The van der Waals surface area contributed by atoms with E-state index in [2.05, 4.69) is 30.1 Å². The molecule has 0 atom stereocenters. The van der Waals surface area contributed by atoms with Crippen molar-refractivity contribution in [1.29, 1.82) is 0 Å². The van der Waals surface area contributed by atoms with E-state index in [4.69, 9.17) is 25.8 Å². The predicted molar refractivity (Wildman–Crippen MR) is 136 cm³/mol. The Bertz CT molecular complexity index is 1190. The summed E-state index contributed by atoms with van der Waals surface area (Å²) in [6, 6.07) is 12.5. The van der Waals surface area contributed by atoms with Gasteiger partial charge in [0.15, 0.2) is 24.0 Å². The van der Waals surface area contributed by atoms with E-state index in [1.54, 1.807) is 42.5 Å². The summed E-state index contributed by atoms with van der Waals surface area (Å²) in [4.78, 5) is 24.6. The fourth-order valence-corrected chi connectivity index (χ4v) is 3.90. The summed E-state index contributed by atoms with van der Waals surface area (Å²) >= 11 is 5.91. The van der Waals surface area contributed by atoms with Gasteiger partial charge < -0.3 is 24.6 Å². The highest BCUT2D eigenvalue weighted by Crippen LogP contribution is 2.30. The van der Waals surface area contributed by atoms with Crippen LogP contribution in [0.25, 0.3) is 5.69 Å². The van der Waals surface area contributed by atoms with Gasteiger partial charge >= 0.3 is 5.97 Å². The molecule has 2 N–H and O–H groups in total. The number of aromatic carboxylic acids is 1. The van der Waals surface area contributed by atoms with Gasteiger partial charge in [0.25, 0.3) is 5.91 Å². The quantitative estimate of drug-likeness (QED) is 0.205. The average Bonchev–Trinajstić information content (AvgIpc) is 3.25. The number of carboxylic acid groups (broad SMARTS) is 1. The summed E-state index contributed by atoms with van der Waals surface area (Å²) < 4.78 is 17.9. The molecule has 3 rings (SSSR count). The molecule has 0 saturated heterocycles. The molecule has 0 unspecified atom stereocenters. The Morgan fingerprint density at radius 3 is 2.46 bits per heavy atom. The Morgan fingerprint density at radius 1 is 1.11 bits per heavy atom. The number of carboxylic acids is 1. The van der Waals surface area contributed by atoms with E-state index in [0.717, 1.165) is 6.04 Å². The standard InChI is InChI=1S/C24H28ClN3O6Si/c1-32-21-13-17(7-10-20(21)34-15-33-11-12-35(2,3)4)26-23(29)22-19(24(30)31)14-28(27-22)18-8-5-16(25)6-9-18/h5-10,13-14H,11-12,15H2,1-4H3,(H,26,29)(H,30,31). The first-order chi connectivity index (χ1) is 16.6. The Kier molecular flexibility index (Phi) is 8.55. The highest BCUT2D eigenvalue weighted by Gasteiger charge is 2.23. The first kappa shape index (κ1) is 26.3. The van der Waals surface area contributed by atoms with E-state index in [1.165, 1.54) is 18.0 Å². The van der Waals surface area contributed by atoms with Gasteiger partial charge in [-0.15, -0.1) is 0 Å². The maximum atomic E-state index is 12.9. The molecular formula is C24H28ClN3O6Si. The van der Waals surface area contributed by atoms with Crippen LogP contribution in [0.5, 0.6) is 11.5 Å². The molecule has 1 aromatic heterocycles. The average molecular weight is 518 g/mol. The zero-order valence-electron chi connectivity index (χ0n) is 20.0. The summed E-state index contributed by atoms with van der Waals surface area (Å²) in [7, 11) is 0.301. The molecule has 0 spiro atoms. The number of aromatic nitrogens is 2. The van der Waals surface area contributed by atoms with Crippen LogP contribution in [0.2, 0.25) is 30.7 Å². The van der Waals surface area contributed by atoms with Crippen LogP contribution in [0.15, 0.2) is 48.7 Å². The van der Waals surface area contributed by atoms with E-state index >= 15 is 0 Å². The van der Waals surface area contributed by atoms with Crippen LogP contribution in [0, 0.1) is 0 Å². The molecular weight excluding hydrogens is 490 g/mol. The molecule has 35 heavy (non-hydrogen) atoms. The lowest BCUT2D eigenvalue weighted by molar-refractivity contribution is 0.0205. The number of amides is 1. The molecule has 0 saturated carbocycles. The maximum absolute atomic E-state index is 12.9. The van der Waals surface area contributed by atoms with E-state index < -0.39 is 20.0 Å². The van der Waals surface area contributed by atoms with E-state index in [9.17, 15) is 14.7 Å². The minimum Gasteiger partial charge on any atom is -0.493 e. The number of carbonyl (C=O) groups is 2. The van der Waals surface area contributed by atoms with Gasteiger partial charge in [0.1, 0.15) is 5.56 Å². The van der Waals surface area contributed by atoms with Gasteiger partial charge in [-0.1, -0.05) is 31.2 Å². The van der Waals surface area contributed by atoms with Crippen LogP contribution in [-0.4, -0.2) is 55.3 Å². The second kappa shape index (κ2) is 11.4. The second-order valence-electron chi connectivity index (χ2n) is 8.92. The number of carbonyl (C=O) groups excluding carboxylic acids is 1. The second-order valence-corrected chi connectivity index (χ2v) is 15.0. The van der Waals surface area contributed by atoms with Crippen LogP contribution in [0.3, 0.4) is 0 Å². The van der Waals surface area contributed by atoms with E-state index in [-0.39, 0.29) is 18.1 Å². The first-order valence-corrected chi connectivity index (χ1v) is 14.9. The summed E-state index contributed by atoms with van der Waals surface area (Å²) in [5.41, 5.74) is 0.477. The van der Waals surface area contributed by atoms with Gasteiger partial charge in [-0.3, -0.25) is 4.79 Å². The number of benzene rings is 2. The minimum absolute atomic E-state index is 0.0800. The number of anilines is 1. The molecule has 9 nitrogen and oxygen atoms in total. The Hall–Kier alpha value is -3.34. The van der Waals surface area contributed by atoms with Crippen molar-refractivity contribution in [2.24, 2.45) is 0 Å². The van der Waals surface area contributed by atoms with Crippen LogP contribution >= 0.6 is 11.6 Å². The minimum atomic E-state index is -1.27. The molecule has 1 amide bonds. The number of nitrogens with one attached hydrogen (secondary N) is 1. The smallest absolute Gasteiger partial charge is 0.339 e. The fourth-order valence-electron chi connectivity index (χ4n) is 3.02. The molecule has 1 heterocycles. The molecule has 0 radical (unpaired) electrons. The van der Waals surface area contributed by atoms with Gasteiger partial charge in [0.2, 0.25) is 0 Å². The first-order valence-electron chi connectivity index (χ1n) is 10.9. The summed E-state index contributed by atoms with van der Waals surface area (Å²) in [5, 5.41) is 16.9. The number of nitrogens with zero attached hydrogens (tertiary/aromatic N) is 2. The maximum Gasteiger partial charge on any atom is 0.339 e. The molecule has 0 fully saturated rings. The molecule has 2 aromatic carbocycles. The zero-order chi connectivity index (χ0) is 25.6. The number of methoxy groups -OCH3 is 1. The van der Waals surface area contributed by atoms with Crippen LogP contribution in [-0.2, 0) is 4.74 Å². The number of ether oxygens (including phenoxy) is 3. The number of halogens is 1. The van der Waals surface area contributed by atoms with Crippen LogP contribution < -0.4 is 14.8 Å². The third kappa shape index (κ3) is 7.32. The van der Waals surface area contributed by atoms with Crippen molar-refractivity contribution in [3.8, 4) is 17.2 Å². The van der Waals surface area contributed by atoms with Gasteiger partial charge in [0.05, 0.1) is 12.8 Å². The molecule has 0 aliphatic carbocycles. The molecule has 0 aliphatic rings. The van der Waals surface area contributed by atoms with Crippen molar-refractivity contribution < 1.29 is 28.9 Å². The van der Waals surface area contributed by atoms with Crippen molar-refractivity contribution in [3.05, 3.63) is 64.9 Å². The Balaban J connectivity index is 1.71. The molecule has 3 aromatic rings. The molecule has 0 bridgehead atoms. The Labute approximate surface area is 209 Å². The highest BCUT2D eigenvalue weighted by atomic mass is 35.5. The lowest BCUT2D eigenvalue weighted by Crippen LogP contribution is -2.22. The van der Waals surface area contributed by atoms with Crippen molar-refractivity contribution in [3.63, 3.8) is 0 Å². The number of hydrogen-bond donors (Lipinski definition) is 2. The summed E-state index contributed by atoms with van der Waals surface area (Å²) in [5.74, 6) is -1.11. The normalized spacial score (nSPS) is 11.2. The van der Waals surface area contributed by atoms with Gasteiger partial charge in [-0.25, -0.2) is 9.48 Å². The third-order valence-electron chi connectivity index (χ3n) is 4.97. The van der Waals surface area contributed by atoms with Gasteiger partial charge in [-0.05, 0) is 42.4 Å².